The van der Waals surface area contributed by atoms with E-state index >= 15 is 0 Å². The maximum Gasteiger partial charge on any atom is 0.432 e. The molecule has 0 aliphatic heterocycles. The first-order valence-corrected chi connectivity index (χ1v) is 17.2. The van der Waals surface area contributed by atoms with Crippen molar-refractivity contribution in [3.8, 4) is 0 Å². The molecule has 0 heterocycles. The molecule has 47 heavy (non-hydrogen) atoms. The molecule has 264 valence electrons. The Morgan fingerprint density at radius 1 is 1.00 bits per heavy atom. The van der Waals surface area contributed by atoms with Gasteiger partial charge >= 0.3 is 12.1 Å². The van der Waals surface area contributed by atoms with Gasteiger partial charge in [-0.25, -0.2) is 4.79 Å². The van der Waals surface area contributed by atoms with Crippen LogP contribution in [0.15, 0.2) is 42.0 Å². The number of carbonyl (C=O) groups excluding carboxylic acids is 1. The van der Waals surface area contributed by atoms with E-state index in [9.17, 15) is 38.4 Å². The van der Waals surface area contributed by atoms with Crippen molar-refractivity contribution in [3.63, 3.8) is 0 Å². The van der Waals surface area contributed by atoms with Crippen molar-refractivity contribution in [2.75, 3.05) is 7.11 Å². The van der Waals surface area contributed by atoms with Gasteiger partial charge in [-0.2, -0.15) is 13.2 Å². The van der Waals surface area contributed by atoms with Gasteiger partial charge in [-0.1, -0.05) is 76.6 Å². The number of aliphatic hydroxyl groups is 4. The highest BCUT2D eigenvalue weighted by atomic mass is 19.4. The Morgan fingerprint density at radius 2 is 1.66 bits per heavy atom. The lowest BCUT2D eigenvalue weighted by Gasteiger charge is -2.60. The molecule has 4 aliphatic rings. The minimum atomic E-state index is -5.10. The number of rotatable bonds is 9. The smallest absolute Gasteiger partial charge is 0.432 e. The quantitative estimate of drug-likeness (QED) is 0.191. The van der Waals surface area contributed by atoms with Gasteiger partial charge in [0, 0.05) is 24.5 Å². The topological polar surface area (TPSA) is 116 Å². The van der Waals surface area contributed by atoms with Gasteiger partial charge in [-0.05, 0) is 79.4 Å². The largest absolute Gasteiger partial charge is 0.459 e. The monoisotopic (exact) mass is 666 g/mol. The van der Waals surface area contributed by atoms with Crippen LogP contribution in [-0.2, 0) is 19.9 Å². The van der Waals surface area contributed by atoms with E-state index in [0.29, 0.717) is 38.5 Å². The number of esters is 1. The van der Waals surface area contributed by atoms with Crippen molar-refractivity contribution in [1.82, 2.24) is 0 Å². The zero-order chi connectivity index (χ0) is 34.7. The summed E-state index contributed by atoms with van der Waals surface area (Å²) in [5.41, 5.74) is -3.91. The average Bonchev–Trinajstić information content (AvgIpc) is 3.26. The summed E-state index contributed by atoms with van der Waals surface area (Å²) in [6, 6.07) is 6.80. The third kappa shape index (κ3) is 5.88. The van der Waals surface area contributed by atoms with Crippen LogP contribution in [0.4, 0.5) is 13.2 Å². The average molecular weight is 667 g/mol. The zero-order valence-electron chi connectivity index (χ0n) is 28.4. The number of fused-ring (bicyclic) bond motifs is 5. The van der Waals surface area contributed by atoms with Crippen molar-refractivity contribution in [2.24, 2.45) is 46.3 Å². The van der Waals surface area contributed by atoms with E-state index in [1.54, 1.807) is 12.1 Å². The van der Waals surface area contributed by atoms with Gasteiger partial charge in [0.05, 0.1) is 24.4 Å². The molecule has 0 spiro atoms. The van der Waals surface area contributed by atoms with Crippen LogP contribution < -0.4 is 0 Å². The number of alkyl halides is 3. The minimum Gasteiger partial charge on any atom is -0.459 e. The maximum absolute atomic E-state index is 14.8. The summed E-state index contributed by atoms with van der Waals surface area (Å²) < 4.78 is 55.3. The van der Waals surface area contributed by atoms with Crippen LogP contribution in [0.3, 0.4) is 0 Å². The molecule has 10 heteroatoms. The summed E-state index contributed by atoms with van der Waals surface area (Å²) in [4.78, 5) is 13.8. The summed E-state index contributed by atoms with van der Waals surface area (Å²) in [6.45, 7) is 9.98. The van der Waals surface area contributed by atoms with E-state index in [2.05, 4.69) is 6.92 Å². The molecule has 4 N–H and O–H groups in total. The summed E-state index contributed by atoms with van der Waals surface area (Å²) in [7, 11) is 0.860. The lowest BCUT2D eigenvalue weighted by atomic mass is 9.45. The molecule has 0 saturated heterocycles. The van der Waals surface area contributed by atoms with E-state index in [4.69, 9.17) is 9.47 Å². The number of aliphatic hydroxyl groups excluding tert-OH is 4. The van der Waals surface area contributed by atoms with Crippen LogP contribution in [0.2, 0.25) is 0 Å². The minimum absolute atomic E-state index is 0.0612. The molecule has 1 aromatic rings. The third-order valence-electron chi connectivity index (χ3n) is 12.9. The second kappa shape index (κ2) is 13.0. The van der Waals surface area contributed by atoms with Crippen molar-refractivity contribution in [3.05, 3.63) is 47.5 Å². The first-order chi connectivity index (χ1) is 21.9. The van der Waals surface area contributed by atoms with Gasteiger partial charge < -0.3 is 29.9 Å². The van der Waals surface area contributed by atoms with Crippen LogP contribution in [0, 0.1) is 46.3 Å². The fraction of sp³-hybridized carbons (Fsp3) is 0.757. The second-order valence-corrected chi connectivity index (χ2v) is 15.8. The number of hydrogen-bond acceptors (Lipinski definition) is 7. The van der Waals surface area contributed by atoms with Gasteiger partial charge in [-0.15, -0.1) is 0 Å². The van der Waals surface area contributed by atoms with Crippen LogP contribution in [0.1, 0.15) is 85.1 Å². The Morgan fingerprint density at radius 3 is 2.26 bits per heavy atom. The van der Waals surface area contributed by atoms with Gasteiger partial charge in [0.25, 0.3) is 5.60 Å². The molecule has 0 bridgehead atoms. The van der Waals surface area contributed by atoms with Gasteiger partial charge in [0.15, 0.2) is 0 Å². The third-order valence-corrected chi connectivity index (χ3v) is 12.9. The van der Waals surface area contributed by atoms with E-state index in [-0.39, 0.29) is 35.7 Å². The summed E-state index contributed by atoms with van der Waals surface area (Å²) in [5.74, 6) is -2.70. The lowest BCUT2D eigenvalue weighted by molar-refractivity contribution is -0.279. The number of methoxy groups -OCH3 is 1. The lowest BCUT2D eigenvalue weighted by Crippen LogP contribution is -2.59. The fourth-order valence-electron chi connectivity index (χ4n) is 10.5. The van der Waals surface area contributed by atoms with Crippen molar-refractivity contribution < 1.29 is 47.9 Å². The maximum atomic E-state index is 14.8. The van der Waals surface area contributed by atoms with E-state index in [0.717, 1.165) is 12.7 Å². The first-order valence-electron chi connectivity index (χ1n) is 17.2. The highest BCUT2D eigenvalue weighted by molar-refractivity contribution is 5.83. The predicted octanol–water partition coefficient (Wildman–Crippen LogP) is 5.93. The molecule has 0 radical (unpaired) electrons. The Bertz CT molecular complexity index is 1300. The highest BCUT2D eigenvalue weighted by Crippen LogP contribution is 2.67. The van der Waals surface area contributed by atoms with E-state index in [1.165, 1.54) is 24.3 Å². The van der Waals surface area contributed by atoms with E-state index in [1.807, 2.05) is 27.7 Å². The Kier molecular flexibility index (Phi) is 10.1. The molecule has 0 amide bonds. The molecule has 1 aromatic carbocycles. The number of ether oxygens (including phenoxy) is 2. The Hall–Kier alpha value is -1.98. The van der Waals surface area contributed by atoms with Crippen LogP contribution in [0.5, 0.6) is 0 Å². The molecule has 5 rings (SSSR count). The molecule has 4 aliphatic carbocycles. The Balaban J connectivity index is 1.47. The SMILES string of the molecule is CO[C@](C(=O)O[C@@H](CCC(C)C)[C@@H](C)[C@H]1[C@@H](O)C[C@H]2[C@@H]3[C@@H](O)C=C4C[C@@H](O)C[C@@H](O)[C@]4(C)[C@H]3CC[C@]12C)(c1ccccc1)C(F)(F)F. The predicted molar refractivity (Wildman–Crippen MR) is 170 cm³/mol. The highest BCUT2D eigenvalue weighted by Gasteiger charge is 2.67. The molecule has 3 saturated carbocycles. The number of carbonyl (C=O) groups is 1. The summed E-state index contributed by atoms with van der Waals surface area (Å²) in [5, 5.41) is 45.0. The van der Waals surface area contributed by atoms with Gasteiger partial charge in [0.2, 0.25) is 0 Å². The normalized spacial score (nSPS) is 39.6. The van der Waals surface area contributed by atoms with Gasteiger partial charge in [-0.3, -0.25) is 0 Å². The van der Waals surface area contributed by atoms with Crippen molar-refractivity contribution >= 4 is 5.97 Å². The summed E-state index contributed by atoms with van der Waals surface area (Å²) >= 11 is 0. The standard InChI is InChI=1S/C37H53F3O7/c1-20(2)12-13-29(47-33(45)36(46-6,37(38,39)40)22-10-8-7-9-11-22)21(3)32-28(43)19-26-31-25(14-15-34(26,32)4)35(5)23(17-27(31)42)16-24(41)18-30(35)44/h7-11,17,20-21,24-32,41-44H,12-16,18-19H2,1-6H3/t21-,24-,25+,26+,27+,28+,29+,30-,31-,32+,34+,35+,36+/m1/s1. The molecule has 7 nitrogen and oxygen atoms in total. The van der Waals surface area contributed by atoms with E-state index < -0.39 is 70.9 Å². The van der Waals surface area contributed by atoms with Crippen molar-refractivity contribution in [2.45, 2.75) is 122 Å². The van der Waals surface area contributed by atoms with Gasteiger partial charge in [0.1, 0.15) is 6.10 Å². The molecule has 0 unspecified atom stereocenters. The van der Waals surface area contributed by atoms with Crippen LogP contribution in [-0.4, -0.2) is 70.2 Å². The molecular formula is C37H53F3O7. The second-order valence-electron chi connectivity index (χ2n) is 15.8. The molecule has 3 fully saturated rings. The van der Waals surface area contributed by atoms with Crippen LogP contribution >= 0.6 is 0 Å². The first kappa shape index (κ1) is 36.3. The molecule has 0 aromatic heterocycles. The summed E-state index contributed by atoms with van der Waals surface area (Å²) in [6.07, 6.45) is -3.97. The van der Waals surface area contributed by atoms with Crippen molar-refractivity contribution in [1.29, 1.82) is 0 Å². The number of halogens is 3. The zero-order valence-corrected chi connectivity index (χ0v) is 28.4. The number of hydrogen-bond donors (Lipinski definition) is 4. The molecule has 13 atom stereocenters. The van der Waals surface area contributed by atoms with Crippen LogP contribution in [0.25, 0.3) is 0 Å². The fourth-order valence-corrected chi connectivity index (χ4v) is 10.5. The molecular weight excluding hydrogens is 613 g/mol. The number of benzene rings is 1. The Labute approximate surface area is 276 Å².